The summed E-state index contributed by atoms with van der Waals surface area (Å²) in [5.41, 5.74) is 0. The molecule has 0 amide bonds. The molecule has 0 radical (unpaired) electrons. The maximum absolute atomic E-state index is 12.5. The molecular formula is C10H13FN2O2. The molecule has 1 aromatic rings. The largest absolute Gasteiger partial charge is 0.376 e. The number of nitrogens with zero attached hydrogens (tertiary/aromatic N) is 1. The van der Waals surface area contributed by atoms with E-state index in [1.807, 2.05) is 0 Å². The Balaban J connectivity index is 1.79. The van der Waals surface area contributed by atoms with E-state index in [0.717, 1.165) is 0 Å². The van der Waals surface area contributed by atoms with Crippen LogP contribution in [0.1, 0.15) is 0 Å². The third-order valence-corrected chi connectivity index (χ3v) is 2.12. The van der Waals surface area contributed by atoms with Gasteiger partial charge in [-0.2, -0.15) is 0 Å². The van der Waals surface area contributed by atoms with Crippen LogP contribution in [0.5, 0.6) is 0 Å². The minimum atomic E-state index is -0.335. The maximum Gasteiger partial charge on any atom is 0.141 e. The predicted molar refractivity (Wildman–Crippen MR) is 53.2 cm³/mol. The van der Waals surface area contributed by atoms with Gasteiger partial charge in [0.15, 0.2) is 0 Å². The highest BCUT2D eigenvalue weighted by Gasteiger charge is 2.13. The van der Waals surface area contributed by atoms with Crippen molar-refractivity contribution in [3.05, 3.63) is 24.1 Å². The molecule has 0 aromatic carbocycles. The summed E-state index contributed by atoms with van der Waals surface area (Å²) in [5.74, 6) is 0.309. The Morgan fingerprint density at radius 3 is 3.07 bits per heavy atom. The van der Waals surface area contributed by atoms with Crippen molar-refractivity contribution in [2.75, 3.05) is 31.7 Å². The van der Waals surface area contributed by atoms with Gasteiger partial charge in [0.1, 0.15) is 11.6 Å². The summed E-state index contributed by atoms with van der Waals surface area (Å²) in [5, 5.41) is 3.06. The first kappa shape index (κ1) is 10.3. The van der Waals surface area contributed by atoms with Crippen molar-refractivity contribution in [3.63, 3.8) is 0 Å². The van der Waals surface area contributed by atoms with Crippen LogP contribution < -0.4 is 5.32 Å². The van der Waals surface area contributed by atoms with Gasteiger partial charge in [-0.25, -0.2) is 9.37 Å². The third kappa shape index (κ3) is 3.14. The van der Waals surface area contributed by atoms with Gasteiger partial charge >= 0.3 is 0 Å². The molecule has 1 atom stereocenters. The van der Waals surface area contributed by atoms with Crippen molar-refractivity contribution in [2.45, 2.75) is 6.10 Å². The highest BCUT2D eigenvalue weighted by molar-refractivity contribution is 5.33. The fourth-order valence-corrected chi connectivity index (χ4v) is 1.35. The van der Waals surface area contributed by atoms with Crippen molar-refractivity contribution < 1.29 is 13.9 Å². The van der Waals surface area contributed by atoms with Gasteiger partial charge in [-0.1, -0.05) is 0 Å². The molecule has 1 N–H and O–H groups in total. The SMILES string of the molecule is Fc1ccc(NCC2COCCO2)nc1. The lowest BCUT2D eigenvalue weighted by Crippen LogP contribution is -2.34. The van der Waals surface area contributed by atoms with Crippen LogP contribution in [0, 0.1) is 5.82 Å². The first-order valence-electron chi connectivity index (χ1n) is 4.89. The predicted octanol–water partition coefficient (Wildman–Crippen LogP) is 1.05. The number of anilines is 1. The summed E-state index contributed by atoms with van der Waals surface area (Å²) in [6.07, 6.45) is 1.23. The Hall–Kier alpha value is -1.20. The fraction of sp³-hybridized carbons (Fsp3) is 0.500. The fourth-order valence-electron chi connectivity index (χ4n) is 1.35. The van der Waals surface area contributed by atoms with Gasteiger partial charge in [0.2, 0.25) is 0 Å². The number of halogens is 1. The van der Waals surface area contributed by atoms with Crippen LogP contribution in [0.3, 0.4) is 0 Å². The number of nitrogens with one attached hydrogen (secondary N) is 1. The number of hydrogen-bond donors (Lipinski definition) is 1. The van der Waals surface area contributed by atoms with E-state index in [9.17, 15) is 4.39 Å². The van der Waals surface area contributed by atoms with Gasteiger partial charge in [-0.3, -0.25) is 0 Å². The first-order chi connectivity index (χ1) is 7.34. The third-order valence-electron chi connectivity index (χ3n) is 2.12. The Morgan fingerprint density at radius 2 is 2.40 bits per heavy atom. The van der Waals surface area contributed by atoms with Crippen LogP contribution in [0.2, 0.25) is 0 Å². The molecule has 1 fully saturated rings. The van der Waals surface area contributed by atoms with Gasteiger partial charge in [-0.05, 0) is 12.1 Å². The molecule has 0 bridgehead atoms. The molecule has 0 aliphatic carbocycles. The minimum absolute atomic E-state index is 0.0469. The summed E-state index contributed by atoms with van der Waals surface area (Å²) >= 11 is 0. The van der Waals surface area contributed by atoms with Gasteiger partial charge in [0.05, 0.1) is 32.1 Å². The maximum atomic E-state index is 12.5. The van der Waals surface area contributed by atoms with Crippen molar-refractivity contribution in [1.29, 1.82) is 0 Å². The van der Waals surface area contributed by atoms with Gasteiger partial charge in [-0.15, -0.1) is 0 Å². The lowest BCUT2D eigenvalue weighted by molar-refractivity contribution is -0.0819. The van der Waals surface area contributed by atoms with Crippen molar-refractivity contribution in [2.24, 2.45) is 0 Å². The lowest BCUT2D eigenvalue weighted by atomic mass is 10.3. The molecule has 0 saturated carbocycles. The number of ether oxygens (including phenoxy) is 2. The lowest BCUT2D eigenvalue weighted by Gasteiger charge is -2.23. The number of rotatable bonds is 3. The van der Waals surface area contributed by atoms with Crippen LogP contribution in [0.15, 0.2) is 18.3 Å². The monoisotopic (exact) mass is 212 g/mol. The van der Waals surface area contributed by atoms with E-state index in [-0.39, 0.29) is 11.9 Å². The van der Waals surface area contributed by atoms with Crippen molar-refractivity contribution in [1.82, 2.24) is 4.98 Å². The summed E-state index contributed by atoms with van der Waals surface area (Å²) < 4.78 is 23.2. The Morgan fingerprint density at radius 1 is 1.47 bits per heavy atom. The summed E-state index contributed by atoms with van der Waals surface area (Å²) in [4.78, 5) is 3.88. The average molecular weight is 212 g/mol. The molecule has 2 rings (SSSR count). The summed E-state index contributed by atoms with van der Waals surface area (Å²) in [7, 11) is 0. The highest BCUT2D eigenvalue weighted by Crippen LogP contribution is 2.05. The van der Waals surface area contributed by atoms with E-state index in [1.54, 1.807) is 6.07 Å². The average Bonchev–Trinajstić information content (AvgIpc) is 2.30. The molecule has 1 saturated heterocycles. The first-order valence-corrected chi connectivity index (χ1v) is 4.89. The standard InChI is InChI=1S/C10H13FN2O2/c11-8-1-2-10(12-5-8)13-6-9-7-14-3-4-15-9/h1-2,5,9H,3-4,6-7H2,(H,12,13). The van der Waals surface area contributed by atoms with Crippen LogP contribution in [-0.4, -0.2) is 37.5 Å². The molecule has 4 nitrogen and oxygen atoms in total. The number of aromatic nitrogens is 1. The smallest absolute Gasteiger partial charge is 0.141 e. The Bertz CT molecular complexity index is 299. The van der Waals surface area contributed by atoms with E-state index in [0.29, 0.717) is 32.2 Å². The van der Waals surface area contributed by atoms with Gasteiger partial charge in [0.25, 0.3) is 0 Å². The van der Waals surface area contributed by atoms with E-state index < -0.39 is 0 Å². The summed E-state index contributed by atoms with van der Waals surface area (Å²) in [6, 6.07) is 2.96. The highest BCUT2D eigenvalue weighted by atomic mass is 19.1. The zero-order chi connectivity index (χ0) is 10.5. The molecule has 82 valence electrons. The quantitative estimate of drug-likeness (QED) is 0.813. The minimum Gasteiger partial charge on any atom is -0.376 e. The van der Waals surface area contributed by atoms with Crippen molar-refractivity contribution in [3.8, 4) is 0 Å². The van der Waals surface area contributed by atoms with Crippen LogP contribution in [-0.2, 0) is 9.47 Å². The molecule has 2 heterocycles. The topological polar surface area (TPSA) is 43.4 Å². The van der Waals surface area contributed by atoms with E-state index in [2.05, 4.69) is 10.3 Å². The molecular weight excluding hydrogens is 199 g/mol. The van der Waals surface area contributed by atoms with E-state index >= 15 is 0 Å². The van der Waals surface area contributed by atoms with Crippen molar-refractivity contribution >= 4 is 5.82 Å². The molecule has 15 heavy (non-hydrogen) atoms. The van der Waals surface area contributed by atoms with E-state index in [1.165, 1.54) is 12.3 Å². The molecule has 0 spiro atoms. The van der Waals surface area contributed by atoms with Crippen LogP contribution in [0.4, 0.5) is 10.2 Å². The Kier molecular flexibility index (Phi) is 3.47. The summed E-state index contributed by atoms with van der Waals surface area (Å²) in [6.45, 7) is 2.50. The second kappa shape index (κ2) is 5.04. The molecule has 1 aliphatic rings. The molecule has 1 aromatic heterocycles. The van der Waals surface area contributed by atoms with Gasteiger partial charge in [0, 0.05) is 6.54 Å². The normalized spacial score (nSPS) is 21.3. The number of pyridine rings is 1. The zero-order valence-electron chi connectivity index (χ0n) is 8.28. The van der Waals surface area contributed by atoms with Crippen LogP contribution in [0.25, 0.3) is 0 Å². The van der Waals surface area contributed by atoms with E-state index in [4.69, 9.17) is 9.47 Å². The molecule has 5 heteroatoms. The second-order valence-corrected chi connectivity index (χ2v) is 3.31. The van der Waals surface area contributed by atoms with Gasteiger partial charge < -0.3 is 14.8 Å². The molecule has 1 aliphatic heterocycles. The number of hydrogen-bond acceptors (Lipinski definition) is 4. The molecule has 1 unspecified atom stereocenters. The second-order valence-electron chi connectivity index (χ2n) is 3.31. The zero-order valence-corrected chi connectivity index (χ0v) is 8.28. The van der Waals surface area contributed by atoms with Crippen LogP contribution >= 0.6 is 0 Å². The Labute approximate surface area is 87.4 Å².